The van der Waals surface area contributed by atoms with Crippen molar-refractivity contribution in [1.29, 1.82) is 0 Å². The first-order valence-corrected chi connectivity index (χ1v) is 7.76. The molecule has 0 fully saturated rings. The maximum Gasteiger partial charge on any atom is 0.0932 e. The van der Waals surface area contributed by atoms with Crippen molar-refractivity contribution >= 4 is 57.3 Å². The van der Waals surface area contributed by atoms with Crippen LogP contribution in [-0.2, 0) is 0 Å². The lowest BCUT2D eigenvalue weighted by molar-refractivity contribution is 1.25. The van der Waals surface area contributed by atoms with E-state index < -0.39 is 0 Å². The summed E-state index contributed by atoms with van der Waals surface area (Å²) in [5.74, 6) is 0. The Hall–Kier alpha value is -2.30. The number of hydrogen-bond donors (Lipinski definition) is 2. The van der Waals surface area contributed by atoms with Crippen LogP contribution in [0.3, 0.4) is 0 Å². The van der Waals surface area contributed by atoms with Crippen molar-refractivity contribution < 1.29 is 0 Å². The summed E-state index contributed by atoms with van der Waals surface area (Å²) in [5.41, 5.74) is 6.77. The molecule has 2 aromatic carbocycles. The zero-order valence-corrected chi connectivity index (χ0v) is 14.8. The maximum absolute atomic E-state index is 6.34. The highest BCUT2D eigenvalue weighted by molar-refractivity contribution is 6.33. The highest BCUT2D eigenvalue weighted by Gasteiger charge is 2.11. The predicted molar refractivity (Wildman–Crippen MR) is 103 cm³/mol. The third kappa shape index (κ3) is 2.79. The number of halogens is 2. The summed E-state index contributed by atoms with van der Waals surface area (Å²) in [5, 5.41) is 5.17. The van der Waals surface area contributed by atoms with Gasteiger partial charge in [-0.15, -0.1) is 12.4 Å². The third-order valence-electron chi connectivity index (χ3n) is 3.88. The van der Waals surface area contributed by atoms with Crippen LogP contribution in [0.4, 0.5) is 11.4 Å². The highest BCUT2D eigenvalue weighted by atomic mass is 35.5. The standard InChI is InChI=1S/C18H15ClN4.ClH/c1-10-3-4-12(19)15(7-10)23-16-8-11(2)22-13-5-6-14-18(17(13)16)21-9-20-14;/h3-9H,1-2H3,(H,20,21)(H,22,23);1H. The molecule has 4 nitrogen and oxygen atoms in total. The third-order valence-corrected chi connectivity index (χ3v) is 4.21. The van der Waals surface area contributed by atoms with Crippen molar-refractivity contribution in [3.8, 4) is 0 Å². The molecule has 0 amide bonds. The smallest absolute Gasteiger partial charge is 0.0932 e. The number of nitrogens with one attached hydrogen (secondary N) is 2. The normalized spacial score (nSPS) is 10.8. The molecule has 0 saturated carbocycles. The number of pyridine rings is 1. The second-order valence-electron chi connectivity index (χ2n) is 5.68. The van der Waals surface area contributed by atoms with Crippen LogP contribution in [0.25, 0.3) is 21.9 Å². The van der Waals surface area contributed by atoms with E-state index in [0.29, 0.717) is 5.02 Å². The zero-order chi connectivity index (χ0) is 16.0. The summed E-state index contributed by atoms with van der Waals surface area (Å²) in [6, 6.07) is 11.9. The van der Waals surface area contributed by atoms with Gasteiger partial charge in [-0.2, -0.15) is 0 Å². The van der Waals surface area contributed by atoms with Crippen molar-refractivity contribution in [2.45, 2.75) is 13.8 Å². The highest BCUT2D eigenvalue weighted by Crippen LogP contribution is 2.33. The largest absolute Gasteiger partial charge is 0.354 e. The topological polar surface area (TPSA) is 53.6 Å². The minimum Gasteiger partial charge on any atom is -0.354 e. The van der Waals surface area contributed by atoms with Crippen LogP contribution < -0.4 is 5.32 Å². The first-order valence-electron chi connectivity index (χ1n) is 7.38. The first kappa shape index (κ1) is 16.6. The van der Waals surface area contributed by atoms with E-state index in [1.807, 2.05) is 50.2 Å². The van der Waals surface area contributed by atoms with Crippen LogP contribution in [0.1, 0.15) is 11.3 Å². The summed E-state index contributed by atoms with van der Waals surface area (Å²) >= 11 is 6.34. The van der Waals surface area contributed by atoms with Gasteiger partial charge in [0.25, 0.3) is 0 Å². The molecule has 0 bridgehead atoms. The molecule has 0 atom stereocenters. The van der Waals surface area contributed by atoms with Gasteiger partial charge in [-0.3, -0.25) is 4.98 Å². The summed E-state index contributed by atoms with van der Waals surface area (Å²) in [7, 11) is 0. The molecule has 0 aliphatic carbocycles. The van der Waals surface area contributed by atoms with Crippen molar-refractivity contribution in [1.82, 2.24) is 15.0 Å². The number of anilines is 2. The van der Waals surface area contributed by atoms with Gasteiger partial charge in [0, 0.05) is 11.1 Å². The van der Waals surface area contributed by atoms with Gasteiger partial charge in [0.05, 0.1) is 39.3 Å². The Morgan fingerprint density at radius 3 is 2.62 bits per heavy atom. The number of hydrogen-bond acceptors (Lipinski definition) is 3. The summed E-state index contributed by atoms with van der Waals surface area (Å²) < 4.78 is 0. The Balaban J connectivity index is 0.00000169. The minimum absolute atomic E-state index is 0. The number of aromatic amines is 1. The molecule has 0 aliphatic heterocycles. The number of aromatic nitrogens is 3. The van der Waals surface area contributed by atoms with E-state index in [-0.39, 0.29) is 12.4 Å². The fraction of sp³-hybridized carbons (Fsp3) is 0.111. The van der Waals surface area contributed by atoms with Gasteiger partial charge in [-0.1, -0.05) is 17.7 Å². The van der Waals surface area contributed by atoms with Gasteiger partial charge in [-0.25, -0.2) is 4.98 Å². The lowest BCUT2D eigenvalue weighted by Crippen LogP contribution is -1.96. The van der Waals surface area contributed by atoms with Gasteiger partial charge in [0.1, 0.15) is 0 Å². The van der Waals surface area contributed by atoms with E-state index in [4.69, 9.17) is 11.6 Å². The molecule has 4 rings (SSSR count). The van der Waals surface area contributed by atoms with E-state index in [0.717, 1.165) is 44.6 Å². The number of rotatable bonds is 2. The minimum atomic E-state index is 0. The van der Waals surface area contributed by atoms with Crippen LogP contribution in [0.2, 0.25) is 5.02 Å². The molecule has 2 aromatic heterocycles. The Labute approximate surface area is 150 Å². The zero-order valence-electron chi connectivity index (χ0n) is 13.2. The van der Waals surface area contributed by atoms with E-state index in [1.165, 1.54) is 0 Å². The number of benzene rings is 2. The molecular weight excluding hydrogens is 343 g/mol. The first-order chi connectivity index (χ1) is 11.1. The van der Waals surface area contributed by atoms with Gasteiger partial charge >= 0.3 is 0 Å². The Bertz CT molecular complexity index is 1040. The van der Waals surface area contributed by atoms with Crippen molar-refractivity contribution in [2.75, 3.05) is 5.32 Å². The predicted octanol–water partition coefficient (Wildman–Crippen LogP) is 5.55. The summed E-state index contributed by atoms with van der Waals surface area (Å²) in [6.45, 7) is 4.03. The second-order valence-corrected chi connectivity index (χ2v) is 6.08. The van der Waals surface area contributed by atoms with Crippen LogP contribution in [0, 0.1) is 13.8 Å². The molecule has 0 saturated heterocycles. The lowest BCUT2D eigenvalue weighted by Gasteiger charge is -2.13. The molecule has 6 heteroatoms. The van der Waals surface area contributed by atoms with Crippen molar-refractivity contribution in [3.63, 3.8) is 0 Å². The van der Waals surface area contributed by atoms with Crippen LogP contribution in [0.15, 0.2) is 42.7 Å². The number of nitrogens with zero attached hydrogens (tertiary/aromatic N) is 2. The number of imidazole rings is 1. The average molecular weight is 359 g/mol. The quantitative estimate of drug-likeness (QED) is 0.494. The Morgan fingerprint density at radius 1 is 1.00 bits per heavy atom. The molecular formula is C18H16Cl2N4. The molecule has 24 heavy (non-hydrogen) atoms. The van der Waals surface area contributed by atoms with Crippen molar-refractivity contribution in [2.24, 2.45) is 0 Å². The fourth-order valence-corrected chi connectivity index (χ4v) is 3.01. The number of fused-ring (bicyclic) bond motifs is 3. The van der Waals surface area contributed by atoms with E-state index >= 15 is 0 Å². The monoisotopic (exact) mass is 358 g/mol. The average Bonchev–Trinajstić information content (AvgIpc) is 2.99. The van der Waals surface area contributed by atoms with Gasteiger partial charge in [0.2, 0.25) is 0 Å². The molecule has 0 unspecified atom stereocenters. The van der Waals surface area contributed by atoms with E-state index in [2.05, 4.69) is 20.3 Å². The van der Waals surface area contributed by atoms with E-state index in [9.17, 15) is 0 Å². The summed E-state index contributed by atoms with van der Waals surface area (Å²) in [6.07, 6.45) is 1.70. The Morgan fingerprint density at radius 2 is 1.79 bits per heavy atom. The van der Waals surface area contributed by atoms with E-state index in [1.54, 1.807) is 6.33 Å². The van der Waals surface area contributed by atoms with Crippen LogP contribution >= 0.6 is 24.0 Å². The molecule has 0 aliphatic rings. The fourth-order valence-electron chi connectivity index (χ4n) is 2.85. The molecule has 122 valence electrons. The maximum atomic E-state index is 6.34. The second kappa shape index (κ2) is 6.30. The van der Waals surface area contributed by atoms with Gasteiger partial charge in [0.15, 0.2) is 0 Å². The lowest BCUT2D eigenvalue weighted by atomic mass is 10.1. The van der Waals surface area contributed by atoms with Crippen LogP contribution in [0.5, 0.6) is 0 Å². The summed E-state index contributed by atoms with van der Waals surface area (Å²) in [4.78, 5) is 12.2. The SMILES string of the molecule is Cc1ccc(Cl)c(Nc2cc(C)nc3ccc4nc[nH]c4c23)c1.Cl. The van der Waals surface area contributed by atoms with Gasteiger partial charge in [-0.05, 0) is 49.7 Å². The van der Waals surface area contributed by atoms with Crippen LogP contribution in [-0.4, -0.2) is 15.0 Å². The molecule has 2 N–H and O–H groups in total. The van der Waals surface area contributed by atoms with Gasteiger partial charge < -0.3 is 10.3 Å². The Kier molecular flexibility index (Phi) is 4.35. The number of aryl methyl sites for hydroxylation is 2. The molecule has 2 heterocycles. The molecule has 4 aromatic rings. The van der Waals surface area contributed by atoms with Crippen molar-refractivity contribution in [3.05, 3.63) is 59.0 Å². The number of H-pyrrole nitrogens is 1. The molecule has 0 spiro atoms. The molecule has 0 radical (unpaired) electrons.